The number of nitrogens with zero attached hydrogens (tertiary/aromatic N) is 2. The zero-order valence-electron chi connectivity index (χ0n) is 10.6. The van der Waals surface area contributed by atoms with E-state index < -0.39 is 0 Å². The Balaban J connectivity index is 2.43. The highest BCUT2D eigenvalue weighted by Gasteiger charge is 2.10. The van der Waals surface area contributed by atoms with Gasteiger partial charge in [0, 0.05) is 6.54 Å². The second kappa shape index (κ2) is 5.62. The average molecular weight is 261 g/mol. The molecule has 1 amide bonds. The summed E-state index contributed by atoms with van der Waals surface area (Å²) >= 11 is 0. The largest absolute Gasteiger partial charge is 0.395 e. The Morgan fingerprint density at radius 2 is 2.16 bits per heavy atom. The number of aliphatic hydroxyl groups excluding tert-OH is 1. The van der Waals surface area contributed by atoms with E-state index in [2.05, 4.69) is 10.3 Å². The molecule has 2 N–H and O–H groups in total. The summed E-state index contributed by atoms with van der Waals surface area (Å²) in [5.74, 6) is -0.313. The highest BCUT2D eigenvalue weighted by Crippen LogP contribution is 2.09. The third kappa shape index (κ3) is 2.79. The fourth-order valence-electron chi connectivity index (χ4n) is 1.87. The van der Waals surface area contributed by atoms with Crippen molar-refractivity contribution < 1.29 is 9.90 Å². The minimum absolute atomic E-state index is 0.0806. The van der Waals surface area contributed by atoms with Crippen LogP contribution in [0.25, 0.3) is 11.0 Å². The smallest absolute Gasteiger partial charge is 0.272 e. The van der Waals surface area contributed by atoms with Gasteiger partial charge in [-0.15, -0.1) is 0 Å². The van der Waals surface area contributed by atoms with Crippen molar-refractivity contribution in [3.05, 3.63) is 40.3 Å². The van der Waals surface area contributed by atoms with Gasteiger partial charge in [0.25, 0.3) is 5.56 Å². The molecule has 0 aliphatic rings. The first-order valence-electron chi connectivity index (χ1n) is 5.97. The summed E-state index contributed by atoms with van der Waals surface area (Å²) in [6.07, 6.45) is 0. The summed E-state index contributed by atoms with van der Waals surface area (Å²) in [6, 6.07) is 7.17. The van der Waals surface area contributed by atoms with E-state index in [0.29, 0.717) is 16.7 Å². The van der Waals surface area contributed by atoms with Crippen molar-refractivity contribution >= 4 is 16.9 Å². The molecule has 0 spiro atoms. The molecular weight excluding hydrogens is 246 g/mol. The molecule has 0 radical (unpaired) electrons. The van der Waals surface area contributed by atoms with Crippen molar-refractivity contribution in [2.75, 3.05) is 13.2 Å². The molecule has 0 saturated heterocycles. The summed E-state index contributed by atoms with van der Waals surface area (Å²) in [7, 11) is 0. The quantitative estimate of drug-likeness (QED) is 0.799. The van der Waals surface area contributed by atoms with E-state index in [-0.39, 0.29) is 31.2 Å². The molecular formula is C13H15N3O3. The molecule has 0 bridgehead atoms. The van der Waals surface area contributed by atoms with Crippen molar-refractivity contribution in [3.63, 3.8) is 0 Å². The van der Waals surface area contributed by atoms with E-state index in [1.165, 1.54) is 4.57 Å². The van der Waals surface area contributed by atoms with Crippen molar-refractivity contribution in [1.82, 2.24) is 14.9 Å². The molecule has 0 aliphatic heterocycles. The maximum atomic E-state index is 12.1. The van der Waals surface area contributed by atoms with E-state index in [4.69, 9.17) is 5.11 Å². The Morgan fingerprint density at radius 1 is 1.42 bits per heavy atom. The van der Waals surface area contributed by atoms with Crippen molar-refractivity contribution in [2.24, 2.45) is 0 Å². The van der Waals surface area contributed by atoms with Crippen LogP contribution >= 0.6 is 0 Å². The molecule has 1 aromatic heterocycles. The maximum Gasteiger partial charge on any atom is 0.272 e. The van der Waals surface area contributed by atoms with Crippen LogP contribution in [0, 0.1) is 6.92 Å². The summed E-state index contributed by atoms with van der Waals surface area (Å²) in [4.78, 5) is 27.9. The van der Waals surface area contributed by atoms with Crippen molar-refractivity contribution in [2.45, 2.75) is 13.5 Å². The number of fused-ring (bicyclic) bond motifs is 1. The van der Waals surface area contributed by atoms with Gasteiger partial charge in [0.2, 0.25) is 5.91 Å². The zero-order chi connectivity index (χ0) is 13.8. The van der Waals surface area contributed by atoms with Gasteiger partial charge in [-0.2, -0.15) is 0 Å². The van der Waals surface area contributed by atoms with E-state index in [1.54, 1.807) is 25.1 Å². The number of hydrogen-bond acceptors (Lipinski definition) is 4. The number of benzene rings is 1. The molecule has 1 heterocycles. The van der Waals surface area contributed by atoms with E-state index in [0.717, 1.165) is 0 Å². The molecule has 6 nitrogen and oxygen atoms in total. The summed E-state index contributed by atoms with van der Waals surface area (Å²) in [5.41, 5.74) is 1.37. The highest BCUT2D eigenvalue weighted by atomic mass is 16.3. The van der Waals surface area contributed by atoms with E-state index in [1.807, 2.05) is 6.07 Å². The minimum Gasteiger partial charge on any atom is -0.395 e. The maximum absolute atomic E-state index is 12.1. The lowest BCUT2D eigenvalue weighted by Crippen LogP contribution is -2.34. The molecule has 0 unspecified atom stereocenters. The van der Waals surface area contributed by atoms with Gasteiger partial charge in [-0.3, -0.25) is 14.2 Å². The van der Waals surface area contributed by atoms with Crippen LogP contribution in [0.2, 0.25) is 0 Å². The van der Waals surface area contributed by atoms with Gasteiger partial charge in [0.1, 0.15) is 12.2 Å². The first kappa shape index (κ1) is 13.2. The molecule has 0 aliphatic carbocycles. The summed E-state index contributed by atoms with van der Waals surface area (Å²) < 4.78 is 1.39. The van der Waals surface area contributed by atoms with Crippen molar-refractivity contribution in [3.8, 4) is 0 Å². The third-order valence-electron chi connectivity index (χ3n) is 2.75. The van der Waals surface area contributed by atoms with Crippen LogP contribution in [-0.4, -0.2) is 33.7 Å². The molecule has 2 rings (SSSR count). The fraction of sp³-hybridized carbons (Fsp3) is 0.308. The monoisotopic (exact) mass is 261 g/mol. The summed E-state index contributed by atoms with van der Waals surface area (Å²) in [6.45, 7) is 1.59. The molecule has 1 aromatic carbocycles. The number of carbonyl (C=O) groups excluding carboxylic acids is 1. The van der Waals surface area contributed by atoms with Crippen LogP contribution in [-0.2, 0) is 11.3 Å². The van der Waals surface area contributed by atoms with Gasteiger partial charge in [0.05, 0.1) is 17.6 Å². The second-order valence-electron chi connectivity index (χ2n) is 4.15. The number of rotatable bonds is 4. The Morgan fingerprint density at radius 3 is 2.89 bits per heavy atom. The predicted octanol–water partition coefficient (Wildman–Crippen LogP) is -0.187. The SMILES string of the molecule is Cc1nc2ccccc2n(CC(=O)NCCO)c1=O. The van der Waals surface area contributed by atoms with Gasteiger partial charge in [-0.25, -0.2) is 4.98 Å². The Hall–Kier alpha value is -2.21. The number of para-hydroxylation sites is 2. The lowest BCUT2D eigenvalue weighted by atomic mass is 10.2. The molecule has 6 heteroatoms. The highest BCUT2D eigenvalue weighted by molar-refractivity contribution is 5.80. The average Bonchev–Trinajstić information content (AvgIpc) is 2.41. The molecule has 100 valence electrons. The Kier molecular flexibility index (Phi) is 3.91. The number of hydrogen-bond donors (Lipinski definition) is 2. The number of aromatic nitrogens is 2. The molecule has 0 fully saturated rings. The van der Waals surface area contributed by atoms with Gasteiger partial charge in [-0.05, 0) is 19.1 Å². The minimum atomic E-state index is -0.313. The normalized spacial score (nSPS) is 10.6. The molecule has 19 heavy (non-hydrogen) atoms. The van der Waals surface area contributed by atoms with Crippen LogP contribution in [0.3, 0.4) is 0 Å². The van der Waals surface area contributed by atoms with Gasteiger partial charge in [-0.1, -0.05) is 12.1 Å². The first-order valence-corrected chi connectivity index (χ1v) is 5.97. The van der Waals surface area contributed by atoms with Crippen LogP contribution in [0.1, 0.15) is 5.69 Å². The lowest BCUT2D eigenvalue weighted by molar-refractivity contribution is -0.121. The number of nitrogens with one attached hydrogen (secondary N) is 1. The number of aliphatic hydroxyl groups is 1. The number of carbonyl (C=O) groups is 1. The van der Waals surface area contributed by atoms with Gasteiger partial charge < -0.3 is 10.4 Å². The van der Waals surface area contributed by atoms with Crippen LogP contribution < -0.4 is 10.9 Å². The number of amides is 1. The third-order valence-corrected chi connectivity index (χ3v) is 2.75. The molecule has 0 saturated carbocycles. The first-order chi connectivity index (χ1) is 9.13. The van der Waals surface area contributed by atoms with E-state index in [9.17, 15) is 9.59 Å². The lowest BCUT2D eigenvalue weighted by Gasteiger charge is -2.10. The van der Waals surface area contributed by atoms with Crippen LogP contribution in [0.5, 0.6) is 0 Å². The zero-order valence-corrected chi connectivity index (χ0v) is 10.6. The van der Waals surface area contributed by atoms with Crippen LogP contribution in [0.15, 0.2) is 29.1 Å². The Bertz CT molecular complexity index is 664. The molecule has 2 aromatic rings. The standard InChI is InChI=1S/C13H15N3O3/c1-9-13(19)16(8-12(18)14-6-7-17)11-5-3-2-4-10(11)15-9/h2-5,17H,6-8H2,1H3,(H,14,18). The number of aryl methyl sites for hydroxylation is 1. The van der Waals surface area contributed by atoms with Crippen LogP contribution in [0.4, 0.5) is 0 Å². The van der Waals surface area contributed by atoms with Gasteiger partial charge in [0.15, 0.2) is 0 Å². The fourth-order valence-corrected chi connectivity index (χ4v) is 1.87. The Labute approximate surface area is 109 Å². The topological polar surface area (TPSA) is 84.2 Å². The molecule has 0 atom stereocenters. The summed E-state index contributed by atoms with van der Waals surface area (Å²) in [5, 5.41) is 11.2. The van der Waals surface area contributed by atoms with Crippen molar-refractivity contribution in [1.29, 1.82) is 0 Å². The second-order valence-corrected chi connectivity index (χ2v) is 4.15. The predicted molar refractivity (Wildman–Crippen MR) is 70.8 cm³/mol. The van der Waals surface area contributed by atoms with E-state index >= 15 is 0 Å². The van der Waals surface area contributed by atoms with Gasteiger partial charge >= 0.3 is 0 Å².